The third-order valence-corrected chi connectivity index (χ3v) is 4.38. The summed E-state index contributed by atoms with van der Waals surface area (Å²) in [5, 5.41) is 22.6. The van der Waals surface area contributed by atoms with Gasteiger partial charge in [0.25, 0.3) is 0 Å². The van der Waals surface area contributed by atoms with E-state index in [4.69, 9.17) is 5.10 Å². The fraction of sp³-hybridized carbons (Fsp3) is 0.353. The van der Waals surface area contributed by atoms with E-state index in [0.29, 0.717) is 5.92 Å². The van der Waals surface area contributed by atoms with E-state index in [1.165, 1.54) is 0 Å². The Balaban J connectivity index is 1.72. The molecule has 1 fully saturated rings. The van der Waals surface area contributed by atoms with Crippen molar-refractivity contribution in [3.05, 3.63) is 42.5 Å². The summed E-state index contributed by atoms with van der Waals surface area (Å²) in [6.07, 6.45) is 2.16. The smallest absolute Gasteiger partial charge is 0.185 e. The van der Waals surface area contributed by atoms with Crippen molar-refractivity contribution < 1.29 is 5.11 Å². The van der Waals surface area contributed by atoms with Crippen molar-refractivity contribution in [1.82, 2.24) is 19.8 Å². The third kappa shape index (κ3) is 2.66. The van der Waals surface area contributed by atoms with Crippen LogP contribution in [-0.4, -0.2) is 44.6 Å². The first-order valence-corrected chi connectivity index (χ1v) is 7.99. The van der Waals surface area contributed by atoms with Gasteiger partial charge in [0.05, 0.1) is 0 Å². The van der Waals surface area contributed by atoms with Crippen LogP contribution < -0.4 is 4.90 Å². The summed E-state index contributed by atoms with van der Waals surface area (Å²) in [5.41, 5.74) is 1.74. The lowest BCUT2D eigenvalue weighted by atomic mass is 9.99. The van der Waals surface area contributed by atoms with Gasteiger partial charge in [-0.2, -0.15) is 4.52 Å². The van der Waals surface area contributed by atoms with E-state index in [-0.39, 0.29) is 6.61 Å². The average molecular weight is 309 g/mol. The molecule has 1 aromatic carbocycles. The van der Waals surface area contributed by atoms with Gasteiger partial charge in [0.15, 0.2) is 11.5 Å². The first kappa shape index (κ1) is 14.1. The van der Waals surface area contributed by atoms with Gasteiger partial charge in [-0.05, 0) is 30.9 Å². The zero-order valence-corrected chi connectivity index (χ0v) is 12.8. The standard InChI is InChI=1S/C17H19N5O/c23-12-13-5-4-10-21(11-13)16-9-8-15-18-19-17(22(15)20-16)14-6-2-1-3-7-14/h1-3,6-9,13,23H,4-5,10-12H2. The highest BCUT2D eigenvalue weighted by atomic mass is 16.3. The van der Waals surface area contributed by atoms with E-state index < -0.39 is 0 Å². The Hall–Kier alpha value is -2.47. The topological polar surface area (TPSA) is 66.5 Å². The largest absolute Gasteiger partial charge is 0.396 e. The van der Waals surface area contributed by atoms with Crippen LogP contribution in [0, 0.1) is 5.92 Å². The van der Waals surface area contributed by atoms with E-state index in [1.54, 1.807) is 4.52 Å². The fourth-order valence-corrected chi connectivity index (χ4v) is 3.14. The van der Waals surface area contributed by atoms with Crippen molar-refractivity contribution in [3.63, 3.8) is 0 Å². The predicted octanol–water partition coefficient (Wildman–Crippen LogP) is 2.00. The third-order valence-electron chi connectivity index (χ3n) is 4.38. The second-order valence-electron chi connectivity index (χ2n) is 5.99. The number of aliphatic hydroxyl groups excluding tert-OH is 1. The van der Waals surface area contributed by atoms with Crippen LogP contribution in [-0.2, 0) is 0 Å². The Bertz CT molecular complexity index is 801. The molecule has 2 aromatic heterocycles. The van der Waals surface area contributed by atoms with Crippen LogP contribution >= 0.6 is 0 Å². The zero-order valence-electron chi connectivity index (χ0n) is 12.8. The summed E-state index contributed by atoms with van der Waals surface area (Å²) in [6.45, 7) is 2.05. The number of aliphatic hydroxyl groups is 1. The van der Waals surface area contributed by atoms with E-state index in [1.807, 2.05) is 42.5 Å². The molecule has 1 atom stereocenters. The first-order valence-electron chi connectivity index (χ1n) is 7.99. The lowest BCUT2D eigenvalue weighted by molar-refractivity contribution is 0.208. The molecule has 0 saturated carbocycles. The summed E-state index contributed by atoms with van der Waals surface area (Å²) in [7, 11) is 0. The minimum atomic E-state index is 0.237. The summed E-state index contributed by atoms with van der Waals surface area (Å²) in [5.74, 6) is 1.99. The molecule has 3 heterocycles. The van der Waals surface area contributed by atoms with Gasteiger partial charge in [-0.25, -0.2) is 0 Å². The summed E-state index contributed by atoms with van der Waals surface area (Å²) in [4.78, 5) is 2.23. The molecule has 1 aliphatic rings. The number of hydrogen-bond acceptors (Lipinski definition) is 5. The molecule has 6 heteroatoms. The van der Waals surface area contributed by atoms with Crippen LogP contribution in [0.1, 0.15) is 12.8 Å². The van der Waals surface area contributed by atoms with E-state index in [9.17, 15) is 5.11 Å². The van der Waals surface area contributed by atoms with Gasteiger partial charge in [-0.3, -0.25) is 0 Å². The van der Waals surface area contributed by atoms with Gasteiger partial charge in [0.1, 0.15) is 5.82 Å². The lowest BCUT2D eigenvalue weighted by Crippen LogP contribution is -2.37. The van der Waals surface area contributed by atoms with Crippen molar-refractivity contribution in [2.45, 2.75) is 12.8 Å². The minimum Gasteiger partial charge on any atom is -0.396 e. The van der Waals surface area contributed by atoms with Crippen molar-refractivity contribution in [2.24, 2.45) is 5.92 Å². The molecule has 0 radical (unpaired) electrons. The number of rotatable bonds is 3. The van der Waals surface area contributed by atoms with E-state index >= 15 is 0 Å². The number of nitrogens with zero attached hydrogens (tertiary/aromatic N) is 5. The van der Waals surface area contributed by atoms with Crippen LogP contribution in [0.5, 0.6) is 0 Å². The predicted molar refractivity (Wildman–Crippen MR) is 88.2 cm³/mol. The highest BCUT2D eigenvalue weighted by molar-refractivity contribution is 5.59. The van der Waals surface area contributed by atoms with Crippen molar-refractivity contribution in [3.8, 4) is 11.4 Å². The van der Waals surface area contributed by atoms with Gasteiger partial charge in [0, 0.05) is 25.3 Å². The normalized spacial score (nSPS) is 18.5. The Labute approximate surface area is 134 Å². The summed E-state index contributed by atoms with van der Waals surface area (Å²) >= 11 is 0. The van der Waals surface area contributed by atoms with Gasteiger partial charge in [-0.1, -0.05) is 30.3 Å². The van der Waals surface area contributed by atoms with Crippen LogP contribution in [0.15, 0.2) is 42.5 Å². The Kier molecular flexibility index (Phi) is 3.67. The molecule has 4 rings (SSSR count). The molecule has 1 unspecified atom stereocenters. The zero-order chi connectivity index (χ0) is 15.6. The number of piperidine rings is 1. The molecule has 0 amide bonds. The van der Waals surface area contributed by atoms with Crippen molar-refractivity contribution in [1.29, 1.82) is 0 Å². The van der Waals surface area contributed by atoms with Crippen LogP contribution in [0.25, 0.3) is 17.0 Å². The van der Waals surface area contributed by atoms with Crippen LogP contribution in [0.3, 0.4) is 0 Å². The average Bonchev–Trinajstić information content (AvgIpc) is 3.05. The number of benzene rings is 1. The Morgan fingerprint density at radius 1 is 1.09 bits per heavy atom. The molecule has 23 heavy (non-hydrogen) atoms. The highest BCUT2D eigenvalue weighted by Crippen LogP contribution is 2.23. The highest BCUT2D eigenvalue weighted by Gasteiger charge is 2.21. The molecule has 1 aliphatic heterocycles. The van der Waals surface area contributed by atoms with Crippen LogP contribution in [0.2, 0.25) is 0 Å². The molecule has 0 bridgehead atoms. The second kappa shape index (κ2) is 5.96. The maximum Gasteiger partial charge on any atom is 0.185 e. The van der Waals surface area contributed by atoms with E-state index in [0.717, 1.165) is 48.8 Å². The lowest BCUT2D eigenvalue weighted by Gasteiger charge is -2.32. The van der Waals surface area contributed by atoms with Crippen molar-refractivity contribution in [2.75, 3.05) is 24.6 Å². The number of fused-ring (bicyclic) bond motifs is 1. The molecule has 3 aromatic rings. The summed E-state index contributed by atoms with van der Waals surface area (Å²) < 4.78 is 1.80. The molecular weight excluding hydrogens is 290 g/mol. The Morgan fingerprint density at radius 2 is 1.96 bits per heavy atom. The molecule has 0 aliphatic carbocycles. The summed E-state index contributed by atoms with van der Waals surface area (Å²) in [6, 6.07) is 13.9. The molecular formula is C17H19N5O. The second-order valence-corrected chi connectivity index (χ2v) is 5.99. The SMILES string of the molecule is OCC1CCCN(c2ccc3nnc(-c4ccccc4)n3n2)C1. The van der Waals surface area contributed by atoms with Crippen LogP contribution in [0.4, 0.5) is 5.82 Å². The quantitative estimate of drug-likeness (QED) is 0.801. The molecule has 118 valence electrons. The molecule has 0 spiro atoms. The van der Waals surface area contributed by atoms with Gasteiger partial charge in [0.2, 0.25) is 0 Å². The van der Waals surface area contributed by atoms with Gasteiger partial charge < -0.3 is 10.0 Å². The maximum absolute atomic E-state index is 9.41. The number of aromatic nitrogens is 4. The number of hydrogen-bond donors (Lipinski definition) is 1. The van der Waals surface area contributed by atoms with E-state index in [2.05, 4.69) is 15.1 Å². The Morgan fingerprint density at radius 3 is 2.78 bits per heavy atom. The minimum absolute atomic E-state index is 0.237. The monoisotopic (exact) mass is 309 g/mol. The van der Waals surface area contributed by atoms with Gasteiger partial charge in [-0.15, -0.1) is 15.3 Å². The first-order chi connectivity index (χ1) is 11.3. The van der Waals surface area contributed by atoms with Crippen molar-refractivity contribution >= 4 is 11.5 Å². The maximum atomic E-state index is 9.41. The number of anilines is 1. The molecule has 6 nitrogen and oxygen atoms in total. The molecule has 1 saturated heterocycles. The van der Waals surface area contributed by atoms with Gasteiger partial charge >= 0.3 is 0 Å². The fourth-order valence-electron chi connectivity index (χ4n) is 3.14. The molecule has 1 N–H and O–H groups in total.